The van der Waals surface area contributed by atoms with E-state index in [2.05, 4.69) is 0 Å². The highest BCUT2D eigenvalue weighted by Crippen LogP contribution is 2.31. The van der Waals surface area contributed by atoms with Crippen LogP contribution in [0.25, 0.3) is 0 Å². The number of phenols is 1. The van der Waals surface area contributed by atoms with Gasteiger partial charge in [0.15, 0.2) is 11.5 Å². The third kappa shape index (κ3) is 2.39. The molecule has 4 nitrogen and oxygen atoms in total. The fourth-order valence-corrected chi connectivity index (χ4v) is 2.74. The molecule has 0 atom stereocenters. The third-order valence-electron chi connectivity index (χ3n) is 3.95. The smallest absolute Gasteiger partial charge is 0.258 e. The van der Waals surface area contributed by atoms with Gasteiger partial charge in [-0.1, -0.05) is 18.2 Å². The Hall–Kier alpha value is -2.56. The van der Waals surface area contributed by atoms with E-state index in [1.54, 1.807) is 23.1 Å². The molecule has 1 aliphatic heterocycles. The van der Waals surface area contributed by atoms with Crippen molar-refractivity contribution in [1.29, 1.82) is 0 Å². The molecular formula is C17H16FNO3. The minimum atomic E-state index is -0.328. The molecule has 0 aliphatic carbocycles. The van der Waals surface area contributed by atoms with Crippen molar-refractivity contribution in [3.8, 4) is 11.5 Å². The molecule has 3 rings (SSSR count). The summed E-state index contributed by atoms with van der Waals surface area (Å²) >= 11 is 0. The highest BCUT2D eigenvalue weighted by atomic mass is 19.1. The van der Waals surface area contributed by atoms with Crippen LogP contribution in [0.15, 0.2) is 36.4 Å². The van der Waals surface area contributed by atoms with Crippen LogP contribution in [0, 0.1) is 5.82 Å². The molecule has 22 heavy (non-hydrogen) atoms. The molecule has 0 radical (unpaired) electrons. The van der Waals surface area contributed by atoms with Crippen molar-refractivity contribution in [2.24, 2.45) is 0 Å². The molecule has 1 heterocycles. The van der Waals surface area contributed by atoms with Crippen molar-refractivity contribution in [2.75, 3.05) is 13.7 Å². The number of nitrogens with zero attached hydrogens (tertiary/aromatic N) is 1. The lowest BCUT2D eigenvalue weighted by molar-refractivity contribution is 0.0729. The van der Waals surface area contributed by atoms with E-state index in [4.69, 9.17) is 4.74 Å². The number of aromatic hydroxyl groups is 1. The molecule has 2 aromatic rings. The maximum atomic E-state index is 13.9. The number of methoxy groups -OCH3 is 1. The van der Waals surface area contributed by atoms with Gasteiger partial charge < -0.3 is 14.7 Å². The van der Waals surface area contributed by atoms with E-state index < -0.39 is 0 Å². The first-order chi connectivity index (χ1) is 10.6. The lowest BCUT2D eigenvalue weighted by atomic mass is 9.98. The normalized spacial score (nSPS) is 13.6. The first-order valence-corrected chi connectivity index (χ1v) is 7.03. The third-order valence-corrected chi connectivity index (χ3v) is 3.95. The Morgan fingerprint density at radius 2 is 2.05 bits per heavy atom. The van der Waals surface area contributed by atoms with Crippen molar-refractivity contribution in [3.05, 3.63) is 58.9 Å². The molecule has 0 saturated carbocycles. The molecule has 0 aromatic heterocycles. The number of hydrogen-bond donors (Lipinski definition) is 1. The maximum absolute atomic E-state index is 13.9. The van der Waals surface area contributed by atoms with Gasteiger partial charge in [0.2, 0.25) is 0 Å². The largest absolute Gasteiger partial charge is 0.504 e. The van der Waals surface area contributed by atoms with Gasteiger partial charge in [-0.2, -0.15) is 0 Å². The number of ether oxygens (including phenoxy) is 1. The van der Waals surface area contributed by atoms with Crippen LogP contribution in [0.1, 0.15) is 21.5 Å². The second-order valence-electron chi connectivity index (χ2n) is 5.21. The zero-order valence-corrected chi connectivity index (χ0v) is 12.2. The van der Waals surface area contributed by atoms with Gasteiger partial charge in [-0.25, -0.2) is 4.39 Å². The van der Waals surface area contributed by atoms with Crippen molar-refractivity contribution in [2.45, 2.75) is 13.0 Å². The number of amides is 1. The Morgan fingerprint density at radius 1 is 1.27 bits per heavy atom. The van der Waals surface area contributed by atoms with Crippen LogP contribution in [0.5, 0.6) is 11.5 Å². The number of benzene rings is 2. The van der Waals surface area contributed by atoms with Crippen LogP contribution in [-0.2, 0) is 13.0 Å². The van der Waals surface area contributed by atoms with Gasteiger partial charge in [-0.05, 0) is 30.2 Å². The number of para-hydroxylation sites is 1. The van der Waals surface area contributed by atoms with E-state index in [1.165, 1.54) is 19.2 Å². The van der Waals surface area contributed by atoms with Crippen LogP contribution < -0.4 is 4.74 Å². The fourth-order valence-electron chi connectivity index (χ4n) is 2.74. The molecule has 0 unspecified atom stereocenters. The van der Waals surface area contributed by atoms with Crippen molar-refractivity contribution >= 4 is 5.91 Å². The quantitative estimate of drug-likeness (QED) is 0.928. The minimum absolute atomic E-state index is 0.166. The van der Waals surface area contributed by atoms with Gasteiger partial charge in [0.25, 0.3) is 5.91 Å². The molecular weight excluding hydrogens is 285 g/mol. The van der Waals surface area contributed by atoms with E-state index in [0.717, 1.165) is 5.56 Å². The minimum Gasteiger partial charge on any atom is -0.504 e. The molecule has 0 spiro atoms. The molecule has 5 heteroatoms. The Bertz CT molecular complexity index is 730. The lowest BCUT2D eigenvalue weighted by Gasteiger charge is -2.29. The molecule has 1 aliphatic rings. The van der Waals surface area contributed by atoms with E-state index in [1.807, 2.05) is 6.07 Å². The summed E-state index contributed by atoms with van der Waals surface area (Å²) in [6.45, 7) is 0.698. The summed E-state index contributed by atoms with van der Waals surface area (Å²) < 4.78 is 18.9. The Balaban J connectivity index is 1.90. The van der Waals surface area contributed by atoms with E-state index in [0.29, 0.717) is 18.5 Å². The molecule has 0 bridgehead atoms. The first-order valence-electron chi connectivity index (χ1n) is 7.03. The number of carbonyl (C=O) groups is 1. The number of rotatable bonds is 2. The van der Waals surface area contributed by atoms with E-state index in [9.17, 15) is 14.3 Å². The van der Waals surface area contributed by atoms with Crippen LogP contribution in [-0.4, -0.2) is 29.6 Å². The van der Waals surface area contributed by atoms with E-state index in [-0.39, 0.29) is 35.3 Å². The maximum Gasteiger partial charge on any atom is 0.258 e. The molecule has 0 fully saturated rings. The first kappa shape index (κ1) is 14.4. The SMILES string of the molecule is COc1cccc(C(=O)N2CCc3cccc(F)c3C2)c1O. The zero-order valence-electron chi connectivity index (χ0n) is 12.2. The molecule has 0 saturated heterocycles. The number of hydrogen-bond acceptors (Lipinski definition) is 3. The van der Waals surface area contributed by atoms with Crippen molar-refractivity contribution < 1.29 is 19.0 Å². The number of fused-ring (bicyclic) bond motifs is 1. The summed E-state index contributed by atoms with van der Waals surface area (Å²) in [4.78, 5) is 14.1. The van der Waals surface area contributed by atoms with Gasteiger partial charge in [0, 0.05) is 18.7 Å². The van der Waals surface area contributed by atoms with Gasteiger partial charge in [-0.3, -0.25) is 4.79 Å². The Morgan fingerprint density at radius 3 is 2.82 bits per heavy atom. The summed E-state index contributed by atoms with van der Waals surface area (Å²) in [6, 6.07) is 9.72. The monoisotopic (exact) mass is 301 g/mol. The number of halogens is 1. The second-order valence-corrected chi connectivity index (χ2v) is 5.21. The summed E-state index contributed by atoms with van der Waals surface area (Å²) in [5.41, 5.74) is 1.64. The van der Waals surface area contributed by atoms with Crippen molar-refractivity contribution in [3.63, 3.8) is 0 Å². The summed E-state index contributed by atoms with van der Waals surface area (Å²) in [5.74, 6) is -0.570. The van der Waals surface area contributed by atoms with Gasteiger partial charge >= 0.3 is 0 Å². The van der Waals surface area contributed by atoms with Crippen LogP contribution in [0.4, 0.5) is 4.39 Å². The summed E-state index contributed by atoms with van der Waals surface area (Å²) in [7, 11) is 1.43. The average Bonchev–Trinajstić information content (AvgIpc) is 2.54. The Labute approximate surface area is 127 Å². The predicted octanol–water partition coefficient (Wildman–Crippen LogP) is 2.74. The molecule has 114 valence electrons. The fraction of sp³-hybridized carbons (Fsp3) is 0.235. The second kappa shape index (κ2) is 5.67. The van der Waals surface area contributed by atoms with Crippen LogP contribution in [0.2, 0.25) is 0 Å². The van der Waals surface area contributed by atoms with Crippen LogP contribution >= 0.6 is 0 Å². The molecule has 1 amide bonds. The molecule has 2 aromatic carbocycles. The summed E-state index contributed by atoms with van der Waals surface area (Å²) in [6.07, 6.45) is 0.601. The standard InChI is InChI=1S/C17H16FNO3/c1-22-15-7-3-5-12(16(15)20)17(21)19-9-8-11-4-2-6-14(18)13(11)10-19/h2-7,20H,8-10H2,1H3. The zero-order chi connectivity index (χ0) is 15.7. The number of phenolic OH excluding ortho intramolecular Hbond substituents is 1. The highest BCUT2D eigenvalue weighted by Gasteiger charge is 2.26. The highest BCUT2D eigenvalue weighted by molar-refractivity contribution is 5.97. The summed E-state index contributed by atoms with van der Waals surface area (Å²) in [5, 5.41) is 10.1. The van der Waals surface area contributed by atoms with Crippen molar-refractivity contribution in [1.82, 2.24) is 4.90 Å². The number of carbonyl (C=O) groups excluding carboxylic acids is 1. The van der Waals surface area contributed by atoms with Gasteiger partial charge in [0.05, 0.1) is 12.7 Å². The molecule has 1 N–H and O–H groups in total. The predicted molar refractivity (Wildman–Crippen MR) is 79.5 cm³/mol. The average molecular weight is 301 g/mol. The lowest BCUT2D eigenvalue weighted by Crippen LogP contribution is -2.36. The Kier molecular flexibility index (Phi) is 3.71. The van der Waals surface area contributed by atoms with Crippen LogP contribution in [0.3, 0.4) is 0 Å². The van der Waals surface area contributed by atoms with E-state index >= 15 is 0 Å². The van der Waals surface area contributed by atoms with Gasteiger partial charge in [-0.15, -0.1) is 0 Å². The topological polar surface area (TPSA) is 49.8 Å². The van der Waals surface area contributed by atoms with Gasteiger partial charge in [0.1, 0.15) is 5.82 Å².